The normalized spacial score (nSPS) is 10.4. The van der Waals surface area contributed by atoms with Gasteiger partial charge in [-0.2, -0.15) is 0 Å². The quantitative estimate of drug-likeness (QED) is 0.854. The van der Waals surface area contributed by atoms with Gasteiger partial charge < -0.3 is 23.4 Å². The van der Waals surface area contributed by atoms with Gasteiger partial charge in [0.1, 0.15) is 11.1 Å². The van der Waals surface area contributed by atoms with Crippen LogP contribution in [-0.4, -0.2) is 28.4 Å². The van der Waals surface area contributed by atoms with Crippen LogP contribution in [0.25, 0.3) is 10.8 Å². The molecule has 0 unspecified atom stereocenters. The number of aryl methyl sites for hydroxylation is 1. The minimum Gasteiger partial charge on any atom is -0.492 e. The highest BCUT2D eigenvalue weighted by atomic mass is 16.5. The highest BCUT2D eigenvalue weighted by molar-refractivity contribution is 5.98. The summed E-state index contributed by atoms with van der Waals surface area (Å²) in [5, 5.41) is 0.809. The summed E-state index contributed by atoms with van der Waals surface area (Å²) >= 11 is 0. The first-order chi connectivity index (χ1) is 9.58. The van der Waals surface area contributed by atoms with Gasteiger partial charge in [-0.25, -0.2) is 4.79 Å². The predicted octanol–water partition coefficient (Wildman–Crippen LogP) is 2.14. The van der Waals surface area contributed by atoms with Gasteiger partial charge in [0, 0.05) is 5.39 Å². The van der Waals surface area contributed by atoms with Gasteiger partial charge in [0.15, 0.2) is 11.5 Å². The Morgan fingerprint density at radius 2 is 1.35 bits per heavy atom. The number of ether oxygens (including phenoxy) is 4. The Bertz CT molecular complexity index is 701. The molecule has 6 nitrogen and oxygen atoms in total. The molecule has 1 aromatic carbocycles. The summed E-state index contributed by atoms with van der Waals surface area (Å²) in [6.07, 6.45) is 0. The average Bonchev–Trinajstić information content (AvgIpc) is 2.44. The van der Waals surface area contributed by atoms with Crippen LogP contribution in [0.1, 0.15) is 5.76 Å². The highest BCUT2D eigenvalue weighted by Gasteiger charge is 2.25. The lowest BCUT2D eigenvalue weighted by Crippen LogP contribution is -2.07. The first-order valence-corrected chi connectivity index (χ1v) is 5.89. The van der Waals surface area contributed by atoms with Crippen molar-refractivity contribution in [2.75, 3.05) is 28.4 Å². The van der Waals surface area contributed by atoms with Crippen molar-refractivity contribution in [3.63, 3.8) is 0 Å². The van der Waals surface area contributed by atoms with Crippen molar-refractivity contribution < 1.29 is 23.4 Å². The summed E-state index contributed by atoms with van der Waals surface area (Å²) in [5.41, 5.74) is -0.517. The molecule has 0 spiro atoms. The van der Waals surface area contributed by atoms with Crippen LogP contribution in [0.5, 0.6) is 23.0 Å². The molecule has 0 fully saturated rings. The largest absolute Gasteiger partial charge is 0.492 e. The van der Waals surface area contributed by atoms with Crippen LogP contribution in [-0.2, 0) is 0 Å². The Balaban J connectivity index is 3.10. The van der Waals surface area contributed by atoms with Gasteiger partial charge in [0.2, 0.25) is 11.5 Å². The fourth-order valence-electron chi connectivity index (χ4n) is 2.22. The number of rotatable bonds is 4. The third kappa shape index (κ3) is 1.93. The van der Waals surface area contributed by atoms with Gasteiger partial charge in [-0.1, -0.05) is 0 Å². The van der Waals surface area contributed by atoms with Crippen LogP contribution >= 0.6 is 0 Å². The van der Waals surface area contributed by atoms with Gasteiger partial charge in [0.05, 0.1) is 28.4 Å². The van der Waals surface area contributed by atoms with Crippen molar-refractivity contribution in [2.45, 2.75) is 6.92 Å². The van der Waals surface area contributed by atoms with Gasteiger partial charge in [-0.3, -0.25) is 0 Å². The van der Waals surface area contributed by atoms with Crippen LogP contribution in [0.2, 0.25) is 0 Å². The lowest BCUT2D eigenvalue weighted by Gasteiger charge is -2.17. The van der Waals surface area contributed by atoms with E-state index in [9.17, 15) is 4.79 Å². The van der Waals surface area contributed by atoms with Gasteiger partial charge >= 0.3 is 5.63 Å². The SMILES string of the molecule is COc1c(OC)c(OC)c2c(=O)oc(C)cc2c1OC. The zero-order valence-electron chi connectivity index (χ0n) is 12.0. The summed E-state index contributed by atoms with van der Waals surface area (Å²) in [4.78, 5) is 12.1. The Morgan fingerprint density at radius 3 is 1.85 bits per heavy atom. The van der Waals surface area contributed by atoms with E-state index in [1.807, 2.05) is 0 Å². The summed E-state index contributed by atoms with van der Waals surface area (Å²) in [6, 6.07) is 1.69. The number of methoxy groups -OCH3 is 4. The molecule has 6 heteroatoms. The molecule has 108 valence electrons. The molecule has 20 heavy (non-hydrogen) atoms. The van der Waals surface area contributed by atoms with Crippen LogP contribution in [0.15, 0.2) is 15.3 Å². The van der Waals surface area contributed by atoms with E-state index in [0.717, 1.165) is 0 Å². The molecule has 1 aromatic heterocycles. The predicted molar refractivity (Wildman–Crippen MR) is 73.4 cm³/mol. The standard InChI is InChI=1S/C14H16O6/c1-7-6-8-9(14(15)20-7)11(17-3)13(19-5)12(18-4)10(8)16-2/h6H,1-5H3. The molecule has 0 amide bonds. The van der Waals surface area contributed by atoms with Gasteiger partial charge in [-0.15, -0.1) is 0 Å². The molecule has 2 rings (SSSR count). The minimum atomic E-state index is -0.517. The summed E-state index contributed by atoms with van der Waals surface area (Å²) in [5.74, 6) is 1.78. The fourth-order valence-corrected chi connectivity index (χ4v) is 2.22. The van der Waals surface area contributed by atoms with Crippen molar-refractivity contribution in [1.29, 1.82) is 0 Å². The molecule has 0 aliphatic heterocycles. The first-order valence-electron chi connectivity index (χ1n) is 5.89. The maximum absolute atomic E-state index is 12.1. The van der Waals surface area contributed by atoms with Crippen molar-refractivity contribution in [1.82, 2.24) is 0 Å². The Labute approximate surface area is 115 Å². The lowest BCUT2D eigenvalue weighted by molar-refractivity contribution is 0.309. The van der Waals surface area contributed by atoms with Crippen molar-refractivity contribution in [3.8, 4) is 23.0 Å². The molecule has 0 saturated carbocycles. The van der Waals surface area contributed by atoms with Gasteiger partial charge in [0.25, 0.3) is 0 Å². The van der Waals surface area contributed by atoms with Crippen LogP contribution < -0.4 is 24.6 Å². The monoisotopic (exact) mass is 280 g/mol. The number of hydrogen-bond acceptors (Lipinski definition) is 6. The molecule has 0 bridgehead atoms. The van der Waals surface area contributed by atoms with E-state index >= 15 is 0 Å². The molecule has 0 atom stereocenters. The van der Waals surface area contributed by atoms with E-state index in [-0.39, 0.29) is 16.9 Å². The molecule has 0 aliphatic rings. The number of benzene rings is 1. The van der Waals surface area contributed by atoms with Crippen molar-refractivity contribution in [2.24, 2.45) is 0 Å². The molecule has 0 N–H and O–H groups in total. The molecule has 0 saturated heterocycles. The molecule has 0 radical (unpaired) electrons. The zero-order chi connectivity index (χ0) is 14.9. The second-order valence-corrected chi connectivity index (χ2v) is 4.07. The second-order valence-electron chi connectivity index (χ2n) is 4.07. The fraction of sp³-hybridized carbons (Fsp3) is 0.357. The number of fused-ring (bicyclic) bond motifs is 1. The smallest absolute Gasteiger partial charge is 0.347 e. The maximum Gasteiger partial charge on any atom is 0.347 e. The van der Waals surface area contributed by atoms with E-state index in [0.29, 0.717) is 22.6 Å². The van der Waals surface area contributed by atoms with E-state index in [2.05, 4.69) is 0 Å². The third-order valence-corrected chi connectivity index (χ3v) is 2.98. The minimum absolute atomic E-state index is 0.257. The van der Waals surface area contributed by atoms with Crippen molar-refractivity contribution >= 4 is 10.8 Å². The van der Waals surface area contributed by atoms with E-state index < -0.39 is 5.63 Å². The molecule has 0 aliphatic carbocycles. The van der Waals surface area contributed by atoms with E-state index in [1.54, 1.807) is 13.0 Å². The topological polar surface area (TPSA) is 67.1 Å². The van der Waals surface area contributed by atoms with Crippen LogP contribution in [0.4, 0.5) is 0 Å². The molecular formula is C14H16O6. The Kier molecular flexibility index (Phi) is 3.74. The zero-order valence-corrected chi connectivity index (χ0v) is 12.0. The molecule has 1 heterocycles. The lowest BCUT2D eigenvalue weighted by atomic mass is 10.1. The van der Waals surface area contributed by atoms with E-state index in [1.165, 1.54) is 28.4 Å². The van der Waals surface area contributed by atoms with Crippen molar-refractivity contribution in [3.05, 3.63) is 22.2 Å². The third-order valence-electron chi connectivity index (χ3n) is 2.98. The summed E-state index contributed by atoms with van der Waals surface area (Å²) in [6.45, 7) is 1.68. The highest BCUT2D eigenvalue weighted by Crippen LogP contribution is 2.49. The van der Waals surface area contributed by atoms with Crippen LogP contribution in [0.3, 0.4) is 0 Å². The Hall–Kier alpha value is -2.37. The van der Waals surface area contributed by atoms with Gasteiger partial charge in [-0.05, 0) is 13.0 Å². The number of hydrogen-bond donors (Lipinski definition) is 0. The molecule has 2 aromatic rings. The Morgan fingerprint density at radius 1 is 0.850 bits per heavy atom. The van der Waals surface area contributed by atoms with E-state index in [4.69, 9.17) is 23.4 Å². The average molecular weight is 280 g/mol. The summed E-state index contributed by atoms with van der Waals surface area (Å²) in [7, 11) is 5.89. The van der Waals surface area contributed by atoms with Crippen LogP contribution in [0, 0.1) is 6.92 Å². The second kappa shape index (κ2) is 5.32. The maximum atomic E-state index is 12.1. The summed E-state index contributed by atoms with van der Waals surface area (Å²) < 4.78 is 26.4. The molecular weight excluding hydrogens is 264 g/mol. The first kappa shape index (κ1) is 14.0.